The first-order chi connectivity index (χ1) is 12.6. The molecule has 0 bridgehead atoms. The second kappa shape index (κ2) is 11.5. The molecule has 0 spiro atoms. The van der Waals surface area contributed by atoms with Crippen molar-refractivity contribution in [3.8, 4) is 11.4 Å². The molecule has 0 atom stereocenters. The molecule has 1 aliphatic rings. The summed E-state index contributed by atoms with van der Waals surface area (Å²) in [5, 5.41) is 0. The Morgan fingerprint density at radius 3 is 2.69 bits per heavy atom. The zero-order valence-corrected chi connectivity index (χ0v) is 17.3. The molecule has 0 radical (unpaired) electrons. The van der Waals surface area contributed by atoms with Crippen LogP contribution in [0.3, 0.4) is 0 Å². The van der Waals surface area contributed by atoms with Crippen LogP contribution in [0.25, 0.3) is 5.69 Å². The number of rotatable bonds is 4. The van der Waals surface area contributed by atoms with Gasteiger partial charge in [-0.15, -0.1) is 13.2 Å². The summed E-state index contributed by atoms with van der Waals surface area (Å²) < 4.78 is 13.6. The summed E-state index contributed by atoms with van der Waals surface area (Å²) in [6, 6.07) is 5.89. The second-order valence-electron chi connectivity index (χ2n) is 5.43. The Bertz CT molecular complexity index is 713. The normalized spacial score (nSPS) is 10.8. The molecular weight excluding hydrogens is 396 g/mol. The van der Waals surface area contributed by atoms with Gasteiger partial charge in [-0.3, -0.25) is 9.36 Å². The van der Waals surface area contributed by atoms with E-state index in [2.05, 4.69) is 47.9 Å². The van der Waals surface area contributed by atoms with Crippen molar-refractivity contribution in [2.75, 3.05) is 6.61 Å². The third-order valence-corrected chi connectivity index (χ3v) is 3.75. The standard InChI is InChI=1S/C15H15BrN2O3.C3H8.C2H4/c1-2-20-15(19)6-4-11-8-18-12-5-3-10(16)7-13(12)21-9-14(18)17-11;1-3-2;1-2/h3,5,7-8H,2,4,6,9H2,1H3;3H2,1-2H3;1-2H2. The lowest BCUT2D eigenvalue weighted by atomic mass is 10.2. The van der Waals surface area contributed by atoms with Crippen LogP contribution in [0.1, 0.15) is 45.1 Å². The van der Waals surface area contributed by atoms with Crippen LogP contribution >= 0.6 is 15.9 Å². The Kier molecular flexibility index (Phi) is 9.73. The average molecular weight is 423 g/mol. The predicted molar refractivity (Wildman–Crippen MR) is 108 cm³/mol. The number of fused-ring (bicyclic) bond motifs is 3. The van der Waals surface area contributed by atoms with Crippen molar-refractivity contribution in [2.24, 2.45) is 0 Å². The Morgan fingerprint density at radius 1 is 1.35 bits per heavy atom. The number of aryl methyl sites for hydroxylation is 1. The van der Waals surface area contributed by atoms with Crippen molar-refractivity contribution in [3.05, 3.63) is 53.5 Å². The number of hydrogen-bond donors (Lipinski definition) is 0. The molecule has 1 aromatic heterocycles. The fraction of sp³-hybridized carbons (Fsp3) is 0.400. The average Bonchev–Trinajstić information content (AvgIpc) is 3.06. The number of imidazole rings is 1. The molecule has 0 saturated carbocycles. The maximum absolute atomic E-state index is 11.4. The van der Waals surface area contributed by atoms with Crippen molar-refractivity contribution in [2.45, 2.75) is 46.6 Å². The number of hydrogen-bond acceptors (Lipinski definition) is 4. The molecule has 0 amide bonds. The van der Waals surface area contributed by atoms with Gasteiger partial charge in [0.05, 0.1) is 24.4 Å². The molecule has 0 N–H and O–H groups in total. The summed E-state index contributed by atoms with van der Waals surface area (Å²) in [6.45, 7) is 12.9. The minimum absolute atomic E-state index is 0.191. The van der Waals surface area contributed by atoms with E-state index in [0.717, 1.165) is 27.4 Å². The van der Waals surface area contributed by atoms with Crippen molar-refractivity contribution in [1.82, 2.24) is 9.55 Å². The second-order valence-corrected chi connectivity index (χ2v) is 6.35. The highest BCUT2D eigenvalue weighted by atomic mass is 79.9. The highest BCUT2D eigenvalue weighted by molar-refractivity contribution is 9.10. The van der Waals surface area contributed by atoms with Crippen LogP contribution < -0.4 is 4.74 Å². The zero-order chi connectivity index (χ0) is 19.5. The molecule has 1 aliphatic heterocycles. The molecular formula is C20H27BrN2O3. The Balaban J connectivity index is 0.000000615. The lowest BCUT2D eigenvalue weighted by molar-refractivity contribution is -0.143. The number of esters is 1. The van der Waals surface area contributed by atoms with Gasteiger partial charge in [0.2, 0.25) is 0 Å². The molecule has 0 fully saturated rings. The summed E-state index contributed by atoms with van der Waals surface area (Å²) >= 11 is 3.43. The van der Waals surface area contributed by atoms with E-state index in [4.69, 9.17) is 9.47 Å². The minimum Gasteiger partial charge on any atom is -0.483 e. The first-order valence-corrected chi connectivity index (χ1v) is 9.53. The van der Waals surface area contributed by atoms with Gasteiger partial charge in [0, 0.05) is 17.1 Å². The molecule has 26 heavy (non-hydrogen) atoms. The van der Waals surface area contributed by atoms with Gasteiger partial charge in [-0.2, -0.15) is 0 Å². The zero-order valence-electron chi connectivity index (χ0n) is 15.8. The van der Waals surface area contributed by atoms with E-state index in [1.165, 1.54) is 6.42 Å². The molecule has 1 aromatic carbocycles. The fourth-order valence-electron chi connectivity index (χ4n) is 2.31. The molecule has 6 heteroatoms. The van der Waals surface area contributed by atoms with Crippen LogP contribution in [0.4, 0.5) is 0 Å². The summed E-state index contributed by atoms with van der Waals surface area (Å²) in [5.41, 5.74) is 1.84. The number of carbonyl (C=O) groups is 1. The maximum atomic E-state index is 11.4. The minimum atomic E-state index is -0.191. The van der Waals surface area contributed by atoms with E-state index >= 15 is 0 Å². The van der Waals surface area contributed by atoms with Gasteiger partial charge in [-0.05, 0) is 25.1 Å². The molecule has 0 aliphatic carbocycles. The number of nitrogens with zero attached hydrogens (tertiary/aromatic N) is 2. The van der Waals surface area contributed by atoms with Crippen LogP contribution in [-0.4, -0.2) is 22.1 Å². The number of ether oxygens (including phenoxy) is 2. The van der Waals surface area contributed by atoms with Gasteiger partial charge < -0.3 is 9.47 Å². The van der Waals surface area contributed by atoms with Crippen molar-refractivity contribution in [3.63, 3.8) is 0 Å². The molecule has 3 rings (SSSR count). The topological polar surface area (TPSA) is 53.4 Å². The molecule has 2 aromatic rings. The maximum Gasteiger partial charge on any atom is 0.306 e. The summed E-state index contributed by atoms with van der Waals surface area (Å²) in [6.07, 6.45) is 4.13. The first-order valence-electron chi connectivity index (χ1n) is 8.74. The fourth-order valence-corrected chi connectivity index (χ4v) is 2.65. The Hall–Kier alpha value is -2.08. The first kappa shape index (κ1) is 22.0. The highest BCUT2D eigenvalue weighted by Crippen LogP contribution is 2.32. The van der Waals surface area contributed by atoms with E-state index in [1.807, 2.05) is 29.0 Å². The Labute approximate surface area is 164 Å². The van der Waals surface area contributed by atoms with Crippen LogP contribution in [0.15, 0.2) is 42.0 Å². The summed E-state index contributed by atoms with van der Waals surface area (Å²) in [5.74, 6) is 1.49. The van der Waals surface area contributed by atoms with E-state index in [-0.39, 0.29) is 5.97 Å². The van der Waals surface area contributed by atoms with Crippen LogP contribution in [0, 0.1) is 0 Å². The van der Waals surface area contributed by atoms with Gasteiger partial charge in [-0.25, -0.2) is 4.98 Å². The monoisotopic (exact) mass is 422 g/mol. The van der Waals surface area contributed by atoms with E-state index < -0.39 is 0 Å². The summed E-state index contributed by atoms with van der Waals surface area (Å²) in [7, 11) is 0. The van der Waals surface area contributed by atoms with Crippen molar-refractivity contribution >= 4 is 21.9 Å². The van der Waals surface area contributed by atoms with Crippen molar-refractivity contribution < 1.29 is 14.3 Å². The molecule has 142 valence electrons. The SMILES string of the molecule is C=C.CCC.CCOC(=O)CCc1cn2c(n1)COc1cc(Br)ccc1-2. The molecule has 0 saturated heterocycles. The van der Waals surface area contributed by atoms with E-state index in [1.54, 1.807) is 6.92 Å². The van der Waals surface area contributed by atoms with Crippen LogP contribution in [0.5, 0.6) is 5.75 Å². The third kappa shape index (κ3) is 6.02. The number of benzene rings is 1. The van der Waals surface area contributed by atoms with E-state index in [0.29, 0.717) is 26.1 Å². The largest absolute Gasteiger partial charge is 0.483 e. The van der Waals surface area contributed by atoms with E-state index in [9.17, 15) is 4.79 Å². The van der Waals surface area contributed by atoms with Gasteiger partial charge in [0.15, 0.2) is 5.82 Å². The summed E-state index contributed by atoms with van der Waals surface area (Å²) in [4.78, 5) is 15.9. The molecule has 0 unspecified atom stereocenters. The number of aromatic nitrogens is 2. The van der Waals surface area contributed by atoms with Gasteiger partial charge in [0.1, 0.15) is 12.4 Å². The lowest BCUT2D eigenvalue weighted by Gasteiger charge is -2.19. The van der Waals surface area contributed by atoms with Crippen LogP contribution in [-0.2, 0) is 22.6 Å². The highest BCUT2D eigenvalue weighted by Gasteiger charge is 2.19. The molecule has 5 nitrogen and oxygen atoms in total. The molecule has 2 heterocycles. The smallest absolute Gasteiger partial charge is 0.306 e. The third-order valence-electron chi connectivity index (χ3n) is 3.26. The Morgan fingerprint density at radius 2 is 2.04 bits per heavy atom. The van der Waals surface area contributed by atoms with Gasteiger partial charge in [0.25, 0.3) is 0 Å². The quantitative estimate of drug-likeness (QED) is 0.499. The lowest BCUT2D eigenvalue weighted by Crippen LogP contribution is -2.12. The van der Waals surface area contributed by atoms with Gasteiger partial charge in [-0.1, -0.05) is 36.2 Å². The predicted octanol–water partition coefficient (Wildman–Crippen LogP) is 5.24. The number of halogens is 1. The number of carbonyl (C=O) groups excluding carboxylic acids is 1. The van der Waals surface area contributed by atoms with Crippen molar-refractivity contribution in [1.29, 1.82) is 0 Å². The van der Waals surface area contributed by atoms with Gasteiger partial charge >= 0.3 is 5.97 Å². The van der Waals surface area contributed by atoms with Crippen LogP contribution in [0.2, 0.25) is 0 Å².